The smallest absolute Gasteiger partial charge is 0.356 e. The molecular formula is C24H28N6O7. The Balaban J connectivity index is 1.11. The Kier molecular flexibility index (Phi) is 8.59. The molecule has 1 aromatic heterocycles. The van der Waals surface area contributed by atoms with Crippen LogP contribution in [0.3, 0.4) is 0 Å². The maximum Gasteiger partial charge on any atom is 0.356 e. The lowest BCUT2D eigenvalue weighted by Gasteiger charge is -2.29. The van der Waals surface area contributed by atoms with E-state index in [1.165, 1.54) is 17.3 Å². The molecule has 0 saturated carbocycles. The molecule has 4 rings (SSSR count). The number of carbonyl (C=O) groups excluding carboxylic acids is 3. The number of aromatic nitrogens is 2. The first-order valence-corrected chi connectivity index (χ1v) is 11.9. The van der Waals surface area contributed by atoms with Gasteiger partial charge in [-0.3, -0.25) is 19.7 Å². The average molecular weight is 513 g/mol. The number of aromatic carboxylic acids is 1. The van der Waals surface area contributed by atoms with Crippen LogP contribution in [-0.2, 0) is 25.6 Å². The number of imide groups is 1. The average Bonchev–Trinajstić information content (AvgIpc) is 3.22. The second kappa shape index (κ2) is 12.2. The van der Waals surface area contributed by atoms with Crippen LogP contribution in [0.1, 0.15) is 39.3 Å². The SMILES string of the molecule is O=C1CCC(N2Cc3c(NCCOCCOCCNc4cnc(C(=O)O)cn4)cccc3C2=O)C(=O)N1. The van der Waals surface area contributed by atoms with Crippen molar-refractivity contribution in [2.24, 2.45) is 0 Å². The number of carbonyl (C=O) groups is 4. The van der Waals surface area contributed by atoms with Gasteiger partial charge in [0.15, 0.2) is 5.69 Å². The molecule has 2 aliphatic rings. The first-order chi connectivity index (χ1) is 17.9. The summed E-state index contributed by atoms with van der Waals surface area (Å²) in [5.74, 6) is -1.61. The Morgan fingerprint density at radius 1 is 1.05 bits per heavy atom. The number of amides is 3. The summed E-state index contributed by atoms with van der Waals surface area (Å²) in [6.45, 7) is 2.97. The highest BCUT2D eigenvalue weighted by molar-refractivity contribution is 6.06. The number of ether oxygens (including phenoxy) is 2. The highest BCUT2D eigenvalue weighted by atomic mass is 16.5. The number of anilines is 2. The number of fused-ring (bicyclic) bond motifs is 1. The van der Waals surface area contributed by atoms with Gasteiger partial charge in [0.05, 0.1) is 38.8 Å². The Labute approximate surface area is 212 Å². The molecule has 3 heterocycles. The summed E-state index contributed by atoms with van der Waals surface area (Å²) in [5, 5.41) is 17.4. The van der Waals surface area contributed by atoms with Crippen molar-refractivity contribution >= 4 is 35.2 Å². The van der Waals surface area contributed by atoms with Crippen molar-refractivity contribution in [2.45, 2.75) is 25.4 Å². The van der Waals surface area contributed by atoms with Gasteiger partial charge in [-0.05, 0) is 18.6 Å². The molecule has 0 aliphatic carbocycles. The molecule has 0 spiro atoms. The first-order valence-electron chi connectivity index (χ1n) is 11.9. The van der Waals surface area contributed by atoms with Crippen molar-refractivity contribution in [3.05, 3.63) is 47.4 Å². The van der Waals surface area contributed by atoms with E-state index in [1.807, 2.05) is 6.07 Å². The van der Waals surface area contributed by atoms with Crippen LogP contribution in [0.2, 0.25) is 0 Å². The molecular weight excluding hydrogens is 484 g/mol. The first kappa shape index (κ1) is 26.0. The fourth-order valence-corrected chi connectivity index (χ4v) is 4.11. The lowest BCUT2D eigenvalue weighted by atomic mass is 10.0. The molecule has 3 amide bonds. The minimum absolute atomic E-state index is 0.118. The summed E-state index contributed by atoms with van der Waals surface area (Å²) >= 11 is 0. The number of rotatable bonds is 13. The normalized spacial score (nSPS) is 16.9. The lowest BCUT2D eigenvalue weighted by Crippen LogP contribution is -2.52. The van der Waals surface area contributed by atoms with Crippen LogP contribution in [0, 0.1) is 0 Å². The Morgan fingerprint density at radius 2 is 1.81 bits per heavy atom. The topological polar surface area (TPSA) is 172 Å². The summed E-state index contributed by atoms with van der Waals surface area (Å²) in [6.07, 6.45) is 3.08. The van der Waals surface area contributed by atoms with Crippen LogP contribution < -0.4 is 16.0 Å². The number of benzene rings is 1. The molecule has 196 valence electrons. The van der Waals surface area contributed by atoms with Gasteiger partial charge < -0.3 is 30.1 Å². The molecule has 2 aromatic rings. The number of carboxylic acids is 1. The zero-order valence-electron chi connectivity index (χ0n) is 20.1. The molecule has 0 radical (unpaired) electrons. The molecule has 0 bridgehead atoms. The second-order valence-electron chi connectivity index (χ2n) is 8.40. The summed E-state index contributed by atoms with van der Waals surface area (Å²) in [6, 6.07) is 4.78. The molecule has 1 aromatic carbocycles. The number of carboxylic acid groups (broad SMARTS) is 1. The van der Waals surface area contributed by atoms with E-state index < -0.39 is 17.9 Å². The predicted molar refractivity (Wildman–Crippen MR) is 130 cm³/mol. The van der Waals surface area contributed by atoms with E-state index >= 15 is 0 Å². The van der Waals surface area contributed by atoms with E-state index in [4.69, 9.17) is 14.6 Å². The van der Waals surface area contributed by atoms with Crippen molar-refractivity contribution in [2.75, 3.05) is 50.2 Å². The predicted octanol–water partition coefficient (Wildman–Crippen LogP) is 0.493. The molecule has 37 heavy (non-hydrogen) atoms. The molecule has 2 aliphatic heterocycles. The maximum atomic E-state index is 12.9. The Hall–Kier alpha value is -4.10. The molecule has 1 saturated heterocycles. The zero-order valence-corrected chi connectivity index (χ0v) is 20.1. The van der Waals surface area contributed by atoms with Crippen LogP contribution in [0.4, 0.5) is 11.5 Å². The molecule has 13 heteroatoms. The van der Waals surface area contributed by atoms with Gasteiger partial charge in [0, 0.05) is 42.9 Å². The van der Waals surface area contributed by atoms with E-state index in [0.717, 1.165) is 11.3 Å². The van der Waals surface area contributed by atoms with Crippen LogP contribution in [0.15, 0.2) is 30.6 Å². The van der Waals surface area contributed by atoms with Crippen molar-refractivity contribution in [3.8, 4) is 0 Å². The number of nitrogens with one attached hydrogen (secondary N) is 3. The van der Waals surface area contributed by atoms with Crippen LogP contribution in [-0.4, -0.2) is 89.2 Å². The zero-order chi connectivity index (χ0) is 26.2. The van der Waals surface area contributed by atoms with E-state index in [0.29, 0.717) is 63.9 Å². The maximum absolute atomic E-state index is 12.9. The number of nitrogens with zero attached hydrogens (tertiary/aromatic N) is 3. The Morgan fingerprint density at radius 3 is 2.49 bits per heavy atom. The quantitative estimate of drug-likeness (QED) is 0.217. The van der Waals surface area contributed by atoms with E-state index in [2.05, 4.69) is 25.9 Å². The van der Waals surface area contributed by atoms with Gasteiger partial charge in [0.25, 0.3) is 5.91 Å². The molecule has 1 unspecified atom stereocenters. The van der Waals surface area contributed by atoms with Crippen LogP contribution in [0.5, 0.6) is 0 Å². The van der Waals surface area contributed by atoms with Gasteiger partial charge in [0.2, 0.25) is 11.8 Å². The van der Waals surface area contributed by atoms with E-state index in [1.54, 1.807) is 12.1 Å². The third-order valence-corrected chi connectivity index (χ3v) is 5.94. The third-order valence-electron chi connectivity index (χ3n) is 5.94. The second-order valence-corrected chi connectivity index (χ2v) is 8.40. The van der Waals surface area contributed by atoms with Gasteiger partial charge >= 0.3 is 5.97 Å². The molecule has 1 fully saturated rings. The van der Waals surface area contributed by atoms with Gasteiger partial charge in [0.1, 0.15) is 11.9 Å². The van der Waals surface area contributed by atoms with Crippen molar-refractivity contribution in [3.63, 3.8) is 0 Å². The van der Waals surface area contributed by atoms with Gasteiger partial charge in [-0.15, -0.1) is 0 Å². The summed E-state index contributed by atoms with van der Waals surface area (Å²) < 4.78 is 11.1. The molecule has 4 N–H and O–H groups in total. The van der Waals surface area contributed by atoms with Crippen LogP contribution in [0.25, 0.3) is 0 Å². The molecule has 1 atom stereocenters. The molecule has 13 nitrogen and oxygen atoms in total. The van der Waals surface area contributed by atoms with Crippen molar-refractivity contribution in [1.82, 2.24) is 20.2 Å². The van der Waals surface area contributed by atoms with Crippen molar-refractivity contribution < 1.29 is 33.8 Å². The number of hydrogen-bond donors (Lipinski definition) is 4. The summed E-state index contributed by atoms with van der Waals surface area (Å²) in [4.78, 5) is 56.6. The number of hydrogen-bond acceptors (Lipinski definition) is 10. The highest BCUT2D eigenvalue weighted by Crippen LogP contribution is 2.32. The minimum Gasteiger partial charge on any atom is -0.476 e. The largest absolute Gasteiger partial charge is 0.476 e. The van der Waals surface area contributed by atoms with Crippen LogP contribution >= 0.6 is 0 Å². The van der Waals surface area contributed by atoms with E-state index in [-0.39, 0.29) is 23.9 Å². The summed E-state index contributed by atoms with van der Waals surface area (Å²) in [7, 11) is 0. The van der Waals surface area contributed by atoms with E-state index in [9.17, 15) is 19.2 Å². The lowest BCUT2D eigenvalue weighted by molar-refractivity contribution is -0.136. The highest BCUT2D eigenvalue weighted by Gasteiger charge is 2.39. The fraction of sp³-hybridized carbons (Fsp3) is 0.417. The Bertz CT molecular complexity index is 1160. The van der Waals surface area contributed by atoms with Gasteiger partial charge in [-0.1, -0.05) is 6.07 Å². The number of piperidine rings is 1. The van der Waals surface area contributed by atoms with Gasteiger partial charge in [-0.2, -0.15) is 0 Å². The van der Waals surface area contributed by atoms with Gasteiger partial charge in [-0.25, -0.2) is 14.8 Å². The minimum atomic E-state index is -1.13. The van der Waals surface area contributed by atoms with Crippen molar-refractivity contribution in [1.29, 1.82) is 0 Å². The monoisotopic (exact) mass is 512 g/mol. The standard InChI is InChI=1S/C24H28N6O7/c31-21-5-4-19(22(32)29-21)30-14-16-15(23(30)33)2-1-3-17(16)25-6-8-36-10-11-37-9-7-26-20-13-27-18(12-28-20)24(34)35/h1-3,12-13,19,25H,4-11,14H2,(H,26,28)(H,34,35)(H,29,31,32). The fourth-order valence-electron chi connectivity index (χ4n) is 4.11. The summed E-state index contributed by atoms with van der Waals surface area (Å²) in [5.41, 5.74) is 2.08. The third kappa shape index (κ3) is 6.57.